The number of fused-ring (bicyclic) bond motifs is 1. The average Bonchev–Trinajstić information content (AvgIpc) is 2.89. The van der Waals surface area contributed by atoms with E-state index in [0.717, 1.165) is 6.04 Å². The molecule has 0 unspecified atom stereocenters. The fourth-order valence-electron chi connectivity index (χ4n) is 2.49. The van der Waals surface area contributed by atoms with Crippen molar-refractivity contribution in [1.82, 2.24) is 9.13 Å². The normalized spacial score (nSPS) is 11.9. The number of carbonyl (C=O) groups excluding carboxylic acids is 1. The highest BCUT2D eigenvalue weighted by atomic mass is 79.9. The van der Waals surface area contributed by atoms with Crippen LogP contribution < -0.4 is 5.56 Å². The first-order valence-electron chi connectivity index (χ1n) is 8.28. The number of hydrogen-bond acceptors (Lipinski definition) is 4. The molecule has 0 spiro atoms. The lowest BCUT2D eigenvalue weighted by Gasteiger charge is -2.15. The van der Waals surface area contributed by atoms with E-state index in [4.69, 9.17) is 9.47 Å². The van der Waals surface area contributed by atoms with Crippen LogP contribution >= 0.6 is 15.9 Å². The number of esters is 1. The first kappa shape index (κ1) is 19.9. The van der Waals surface area contributed by atoms with Crippen molar-refractivity contribution < 1.29 is 14.3 Å². The summed E-state index contributed by atoms with van der Waals surface area (Å²) >= 11 is 3.46. The second kappa shape index (κ2) is 7.88. The smallest absolute Gasteiger partial charge is 0.340 e. The lowest BCUT2D eigenvalue weighted by atomic mass is 10.2. The molecule has 2 aromatic rings. The Morgan fingerprint density at radius 1 is 1.28 bits per heavy atom. The summed E-state index contributed by atoms with van der Waals surface area (Å²) in [4.78, 5) is 24.9. The van der Waals surface area contributed by atoms with Crippen LogP contribution in [0.3, 0.4) is 0 Å². The minimum atomic E-state index is -1.18. The number of hydrogen-bond donors (Lipinski definition) is 0. The number of aromatic nitrogens is 2. The Balaban J connectivity index is 2.42. The van der Waals surface area contributed by atoms with Crippen LogP contribution in [0.4, 0.5) is 0 Å². The quantitative estimate of drug-likeness (QED) is 0.383. The van der Waals surface area contributed by atoms with E-state index < -0.39 is 14.0 Å². The van der Waals surface area contributed by atoms with Gasteiger partial charge in [0.05, 0.1) is 12.2 Å². The number of halogens is 1. The maximum Gasteiger partial charge on any atom is 0.340 e. The topological polar surface area (TPSA) is 62.5 Å². The molecule has 2 aromatic heterocycles. The lowest BCUT2D eigenvalue weighted by Crippen LogP contribution is -2.22. The van der Waals surface area contributed by atoms with Crippen LogP contribution in [-0.4, -0.2) is 36.4 Å². The summed E-state index contributed by atoms with van der Waals surface area (Å²) in [5.74, 6) is -0.442. The van der Waals surface area contributed by atoms with Gasteiger partial charge in [-0.1, -0.05) is 19.6 Å². The SMILES string of the molecule is CCOC(=O)c1cn(COCC[Si](C)(C)C)c2c(=O)n(C)cc(Br)c12. The minimum Gasteiger partial charge on any atom is -0.462 e. The lowest BCUT2D eigenvalue weighted by molar-refractivity contribution is 0.0527. The molecule has 0 amide bonds. The first-order chi connectivity index (χ1) is 11.7. The third-order valence-corrected chi connectivity index (χ3v) is 6.17. The second-order valence-corrected chi connectivity index (χ2v) is 13.7. The fourth-order valence-corrected chi connectivity index (χ4v) is 3.96. The van der Waals surface area contributed by atoms with Crippen molar-refractivity contribution in [2.24, 2.45) is 7.05 Å². The predicted molar refractivity (Wildman–Crippen MR) is 105 cm³/mol. The number of rotatable bonds is 7. The molecule has 0 aliphatic carbocycles. The number of aryl methyl sites for hydroxylation is 1. The van der Waals surface area contributed by atoms with Crippen molar-refractivity contribution >= 4 is 40.9 Å². The minimum absolute atomic E-state index is 0.178. The summed E-state index contributed by atoms with van der Waals surface area (Å²) in [6, 6.07) is 1.04. The molecule has 0 aliphatic heterocycles. The standard InChI is InChI=1S/C17H25BrN2O4Si/c1-6-24-17(22)12-9-20(11-23-7-8-25(3,4)5)15-14(12)13(18)10-19(2)16(15)21/h9-10H,6-8,11H2,1-5H3. The molecule has 2 heterocycles. The van der Waals surface area contributed by atoms with Gasteiger partial charge < -0.3 is 18.6 Å². The predicted octanol–water partition coefficient (Wildman–Crippen LogP) is 3.59. The highest BCUT2D eigenvalue weighted by molar-refractivity contribution is 9.10. The van der Waals surface area contributed by atoms with Gasteiger partial charge in [0.2, 0.25) is 0 Å². The molecule has 25 heavy (non-hydrogen) atoms. The summed E-state index contributed by atoms with van der Waals surface area (Å²) in [5.41, 5.74) is 0.630. The van der Waals surface area contributed by atoms with Crippen molar-refractivity contribution in [2.75, 3.05) is 13.2 Å². The molecule has 0 radical (unpaired) electrons. The summed E-state index contributed by atoms with van der Waals surface area (Å²) in [6.45, 7) is 9.75. The van der Waals surface area contributed by atoms with Gasteiger partial charge in [0.1, 0.15) is 12.2 Å². The van der Waals surface area contributed by atoms with Gasteiger partial charge in [-0.25, -0.2) is 4.79 Å². The van der Waals surface area contributed by atoms with Gasteiger partial charge in [0.25, 0.3) is 5.56 Å². The molecule has 0 N–H and O–H groups in total. The fraction of sp³-hybridized carbons (Fsp3) is 0.529. The molecule has 0 fully saturated rings. The first-order valence-corrected chi connectivity index (χ1v) is 12.8. The Hall–Kier alpha value is -1.38. The van der Waals surface area contributed by atoms with Gasteiger partial charge in [-0.2, -0.15) is 0 Å². The molecule has 0 saturated carbocycles. The van der Waals surface area contributed by atoms with Crippen LogP contribution in [0.1, 0.15) is 17.3 Å². The number of nitrogens with zero attached hydrogens (tertiary/aromatic N) is 2. The Morgan fingerprint density at radius 2 is 1.96 bits per heavy atom. The average molecular weight is 429 g/mol. The van der Waals surface area contributed by atoms with Crippen LogP contribution in [0.25, 0.3) is 10.9 Å². The van der Waals surface area contributed by atoms with Crippen molar-refractivity contribution in [3.63, 3.8) is 0 Å². The summed E-state index contributed by atoms with van der Waals surface area (Å²) < 4.78 is 14.8. The van der Waals surface area contributed by atoms with E-state index in [9.17, 15) is 9.59 Å². The molecular weight excluding hydrogens is 404 g/mol. The highest BCUT2D eigenvalue weighted by Crippen LogP contribution is 2.27. The van der Waals surface area contributed by atoms with Crippen LogP contribution in [-0.2, 0) is 23.3 Å². The third kappa shape index (κ3) is 4.62. The van der Waals surface area contributed by atoms with Gasteiger partial charge in [-0.15, -0.1) is 0 Å². The molecule has 6 nitrogen and oxygen atoms in total. The van der Waals surface area contributed by atoms with E-state index in [0.29, 0.717) is 27.5 Å². The third-order valence-electron chi connectivity index (χ3n) is 3.87. The Labute approximate surface area is 156 Å². The largest absolute Gasteiger partial charge is 0.462 e. The van der Waals surface area contributed by atoms with Crippen molar-refractivity contribution in [2.45, 2.75) is 39.3 Å². The van der Waals surface area contributed by atoms with Crippen molar-refractivity contribution in [3.05, 3.63) is 32.8 Å². The zero-order chi connectivity index (χ0) is 18.8. The molecule has 138 valence electrons. The van der Waals surface area contributed by atoms with E-state index in [1.54, 1.807) is 30.9 Å². The number of ether oxygens (including phenoxy) is 2. The van der Waals surface area contributed by atoms with Gasteiger partial charge >= 0.3 is 5.97 Å². The molecule has 8 heteroatoms. The Morgan fingerprint density at radius 3 is 2.56 bits per heavy atom. The molecule has 2 rings (SSSR count). The van der Waals surface area contributed by atoms with E-state index in [2.05, 4.69) is 35.6 Å². The van der Waals surface area contributed by atoms with Gasteiger partial charge in [0, 0.05) is 44.0 Å². The number of carbonyl (C=O) groups is 1. The van der Waals surface area contributed by atoms with E-state index in [-0.39, 0.29) is 18.9 Å². The monoisotopic (exact) mass is 428 g/mol. The maximum atomic E-state index is 12.6. The number of pyridine rings is 1. The summed E-state index contributed by atoms with van der Waals surface area (Å²) in [5, 5.41) is 0.565. The Kier molecular flexibility index (Phi) is 6.29. The Bertz CT molecular complexity index is 836. The van der Waals surface area contributed by atoms with Gasteiger partial charge in [-0.05, 0) is 28.9 Å². The highest BCUT2D eigenvalue weighted by Gasteiger charge is 2.22. The van der Waals surface area contributed by atoms with Gasteiger partial charge in [-0.3, -0.25) is 4.79 Å². The van der Waals surface area contributed by atoms with Crippen LogP contribution in [0.5, 0.6) is 0 Å². The van der Waals surface area contributed by atoms with E-state index in [1.807, 2.05) is 0 Å². The molecule has 0 aliphatic rings. The van der Waals surface area contributed by atoms with Crippen LogP contribution in [0, 0.1) is 0 Å². The van der Waals surface area contributed by atoms with Crippen LogP contribution in [0.2, 0.25) is 25.7 Å². The zero-order valence-corrected chi connectivity index (χ0v) is 18.0. The maximum absolute atomic E-state index is 12.6. The molecule has 0 atom stereocenters. The summed E-state index contributed by atoms with van der Waals surface area (Å²) in [6.07, 6.45) is 3.30. The van der Waals surface area contributed by atoms with Crippen molar-refractivity contribution in [3.8, 4) is 0 Å². The summed E-state index contributed by atoms with van der Waals surface area (Å²) in [7, 11) is 0.498. The van der Waals surface area contributed by atoms with Crippen LogP contribution in [0.15, 0.2) is 21.7 Å². The molecule has 0 saturated heterocycles. The van der Waals surface area contributed by atoms with Gasteiger partial charge in [0.15, 0.2) is 0 Å². The van der Waals surface area contributed by atoms with E-state index in [1.165, 1.54) is 4.57 Å². The molecule has 0 bridgehead atoms. The molecular formula is C17H25BrN2O4Si. The van der Waals surface area contributed by atoms with E-state index >= 15 is 0 Å². The zero-order valence-electron chi connectivity index (χ0n) is 15.4. The van der Waals surface area contributed by atoms with Crippen molar-refractivity contribution in [1.29, 1.82) is 0 Å². The molecule has 0 aromatic carbocycles. The second-order valence-electron chi connectivity index (χ2n) is 7.20.